The molecule has 1 rings (SSSR count). The van der Waals surface area contributed by atoms with Gasteiger partial charge in [0.25, 0.3) is 0 Å². The van der Waals surface area contributed by atoms with E-state index in [0.717, 1.165) is 10.7 Å². The molecule has 0 N–H and O–H groups in total. The molecule has 1 aromatic rings. The van der Waals surface area contributed by atoms with Gasteiger partial charge in [-0.25, -0.2) is 0 Å². The third-order valence-electron chi connectivity index (χ3n) is 0.859. The molecule has 0 atom stereocenters. The highest BCUT2D eigenvalue weighted by molar-refractivity contribution is 6.30. The lowest BCUT2D eigenvalue weighted by atomic mass is 10.4. The Bertz CT molecular complexity index is 169. The minimum Gasteiger partial charge on any atom is -0.262 e. The molecular weight excluding hydrogens is 146 g/mol. The fourth-order valence-electron chi connectivity index (χ4n) is 0.511. The average Bonchev–Trinajstić information content (AvgIpc) is 1.91. The number of nitrogens with zero attached hydrogens (tertiary/aromatic N) is 1. The summed E-state index contributed by atoms with van der Waals surface area (Å²) in [5, 5.41) is 0.748. The zero-order valence-corrected chi connectivity index (χ0v) is 7.31. The van der Waals surface area contributed by atoms with E-state index in [0.29, 0.717) is 0 Å². The molecule has 0 radical (unpaired) electrons. The quantitative estimate of drug-likeness (QED) is 0.564. The van der Waals surface area contributed by atoms with Crippen molar-refractivity contribution in [2.75, 3.05) is 0 Å². The second kappa shape index (κ2) is 5.24. The van der Waals surface area contributed by atoms with E-state index in [1.807, 2.05) is 26.8 Å². The van der Waals surface area contributed by atoms with Gasteiger partial charge in [0.05, 0.1) is 0 Å². The van der Waals surface area contributed by atoms with Crippen LogP contribution in [0.1, 0.15) is 19.5 Å². The number of rotatable bonds is 0. The molecule has 1 heterocycles. The molecule has 0 amide bonds. The predicted molar refractivity (Wildman–Crippen MR) is 45.3 cm³/mol. The molecule has 0 aliphatic rings. The minimum absolute atomic E-state index is 0.748. The van der Waals surface area contributed by atoms with Gasteiger partial charge in [-0.15, -0.1) is 0 Å². The third kappa shape index (κ3) is 3.46. The zero-order chi connectivity index (χ0) is 7.98. The smallest absolute Gasteiger partial charge is 0.0439 e. The van der Waals surface area contributed by atoms with E-state index in [4.69, 9.17) is 11.6 Å². The number of hydrogen-bond acceptors (Lipinski definition) is 1. The molecule has 2 heteroatoms. The largest absolute Gasteiger partial charge is 0.262 e. The first-order valence-electron chi connectivity index (χ1n) is 3.37. The molecule has 0 bridgehead atoms. The zero-order valence-electron chi connectivity index (χ0n) is 6.56. The molecule has 1 nitrogen and oxygen atoms in total. The van der Waals surface area contributed by atoms with Crippen molar-refractivity contribution < 1.29 is 0 Å². The fourth-order valence-corrected chi connectivity index (χ4v) is 0.725. The Balaban J connectivity index is 0.000000371. The van der Waals surface area contributed by atoms with Gasteiger partial charge in [0.1, 0.15) is 0 Å². The standard InChI is InChI=1S/C6H6ClN.C2H6/c1-5-4-6(7)2-3-8-5;1-2/h2-4H,1H3;1-2H3. The molecular formula is C8H12ClN. The SMILES string of the molecule is CC.Cc1cc(Cl)ccn1. The summed E-state index contributed by atoms with van der Waals surface area (Å²) < 4.78 is 0. The van der Waals surface area contributed by atoms with Crippen LogP contribution in [-0.2, 0) is 0 Å². The summed E-state index contributed by atoms with van der Waals surface area (Å²) in [6, 6.07) is 3.58. The van der Waals surface area contributed by atoms with E-state index in [1.54, 1.807) is 12.3 Å². The van der Waals surface area contributed by atoms with Gasteiger partial charge >= 0.3 is 0 Å². The Labute approximate surface area is 67.1 Å². The van der Waals surface area contributed by atoms with E-state index in [9.17, 15) is 0 Å². The number of aromatic nitrogens is 1. The molecule has 0 unspecified atom stereocenters. The summed E-state index contributed by atoms with van der Waals surface area (Å²) in [5.74, 6) is 0. The van der Waals surface area contributed by atoms with Crippen molar-refractivity contribution in [1.82, 2.24) is 4.98 Å². The summed E-state index contributed by atoms with van der Waals surface area (Å²) in [6.45, 7) is 5.91. The molecule has 10 heavy (non-hydrogen) atoms. The van der Waals surface area contributed by atoms with E-state index in [1.165, 1.54) is 0 Å². The van der Waals surface area contributed by atoms with Crippen LogP contribution >= 0.6 is 11.6 Å². The first-order chi connectivity index (χ1) is 4.79. The highest BCUT2D eigenvalue weighted by Crippen LogP contribution is 2.05. The van der Waals surface area contributed by atoms with Crippen LogP contribution in [0.25, 0.3) is 0 Å². The number of hydrogen-bond donors (Lipinski definition) is 0. The highest BCUT2D eigenvalue weighted by Gasteiger charge is 1.84. The second-order valence-electron chi connectivity index (χ2n) is 1.62. The lowest BCUT2D eigenvalue weighted by Crippen LogP contribution is -1.75. The molecule has 0 saturated carbocycles. The van der Waals surface area contributed by atoms with Crippen LogP contribution in [0, 0.1) is 6.92 Å². The molecule has 56 valence electrons. The maximum absolute atomic E-state index is 5.60. The maximum Gasteiger partial charge on any atom is 0.0439 e. The van der Waals surface area contributed by atoms with Crippen molar-refractivity contribution in [2.24, 2.45) is 0 Å². The van der Waals surface area contributed by atoms with E-state index in [2.05, 4.69) is 4.98 Å². The van der Waals surface area contributed by atoms with Crippen LogP contribution in [0.4, 0.5) is 0 Å². The van der Waals surface area contributed by atoms with Crippen molar-refractivity contribution in [3.05, 3.63) is 29.0 Å². The summed E-state index contributed by atoms with van der Waals surface area (Å²) in [6.07, 6.45) is 1.69. The van der Waals surface area contributed by atoms with Gasteiger partial charge < -0.3 is 0 Å². The van der Waals surface area contributed by atoms with Crippen molar-refractivity contribution >= 4 is 11.6 Å². The predicted octanol–water partition coefficient (Wildman–Crippen LogP) is 3.07. The summed E-state index contributed by atoms with van der Waals surface area (Å²) in [7, 11) is 0. The summed E-state index contributed by atoms with van der Waals surface area (Å²) >= 11 is 5.60. The fraction of sp³-hybridized carbons (Fsp3) is 0.375. The van der Waals surface area contributed by atoms with E-state index >= 15 is 0 Å². The highest BCUT2D eigenvalue weighted by atomic mass is 35.5. The average molecular weight is 158 g/mol. The van der Waals surface area contributed by atoms with Gasteiger partial charge in [0.2, 0.25) is 0 Å². The van der Waals surface area contributed by atoms with Gasteiger partial charge in [-0.1, -0.05) is 25.4 Å². The number of aryl methyl sites for hydroxylation is 1. The Kier molecular flexibility index (Phi) is 4.95. The first kappa shape index (κ1) is 9.44. The molecule has 0 saturated heterocycles. The first-order valence-corrected chi connectivity index (χ1v) is 3.75. The minimum atomic E-state index is 0.748. The molecule has 0 fully saturated rings. The monoisotopic (exact) mass is 157 g/mol. The Morgan fingerprint density at radius 1 is 1.40 bits per heavy atom. The van der Waals surface area contributed by atoms with Crippen molar-refractivity contribution in [3.63, 3.8) is 0 Å². The lowest BCUT2D eigenvalue weighted by Gasteiger charge is -1.88. The van der Waals surface area contributed by atoms with Crippen LogP contribution in [0.15, 0.2) is 18.3 Å². The van der Waals surface area contributed by atoms with E-state index in [-0.39, 0.29) is 0 Å². The van der Waals surface area contributed by atoms with Crippen LogP contribution in [0.5, 0.6) is 0 Å². The van der Waals surface area contributed by atoms with Gasteiger partial charge in [-0.05, 0) is 19.1 Å². The normalized spacial score (nSPS) is 8.00. The molecule has 0 aromatic carbocycles. The summed E-state index contributed by atoms with van der Waals surface area (Å²) in [4.78, 5) is 3.96. The Hall–Kier alpha value is -0.560. The molecule has 0 spiro atoms. The number of pyridine rings is 1. The van der Waals surface area contributed by atoms with Crippen LogP contribution in [0.2, 0.25) is 5.02 Å². The molecule has 0 aliphatic carbocycles. The van der Waals surface area contributed by atoms with Crippen LogP contribution < -0.4 is 0 Å². The van der Waals surface area contributed by atoms with Crippen LogP contribution in [0.3, 0.4) is 0 Å². The van der Waals surface area contributed by atoms with E-state index < -0.39 is 0 Å². The molecule has 1 aromatic heterocycles. The third-order valence-corrected chi connectivity index (χ3v) is 1.09. The topological polar surface area (TPSA) is 12.9 Å². The number of halogens is 1. The van der Waals surface area contributed by atoms with Crippen molar-refractivity contribution in [1.29, 1.82) is 0 Å². The molecule has 0 aliphatic heterocycles. The van der Waals surface area contributed by atoms with Gasteiger partial charge in [0, 0.05) is 16.9 Å². The van der Waals surface area contributed by atoms with Gasteiger partial charge in [-0.2, -0.15) is 0 Å². The summed E-state index contributed by atoms with van der Waals surface area (Å²) in [5.41, 5.74) is 0.956. The van der Waals surface area contributed by atoms with Gasteiger partial charge in [-0.3, -0.25) is 4.98 Å². The Morgan fingerprint density at radius 2 is 2.00 bits per heavy atom. The second-order valence-corrected chi connectivity index (χ2v) is 2.05. The van der Waals surface area contributed by atoms with Crippen LogP contribution in [-0.4, -0.2) is 4.98 Å². The Morgan fingerprint density at radius 3 is 2.30 bits per heavy atom. The lowest BCUT2D eigenvalue weighted by molar-refractivity contribution is 1.20. The van der Waals surface area contributed by atoms with Crippen molar-refractivity contribution in [2.45, 2.75) is 20.8 Å². The van der Waals surface area contributed by atoms with Crippen molar-refractivity contribution in [3.8, 4) is 0 Å². The van der Waals surface area contributed by atoms with Gasteiger partial charge in [0.15, 0.2) is 0 Å². The maximum atomic E-state index is 5.60.